The maximum Gasteiger partial charge on any atom is 0.332 e. The Hall–Kier alpha value is -1.52. The normalized spacial score (nSPS) is 10.6. The Balaban J connectivity index is 3.61. The molecule has 0 atom stereocenters. The van der Waals surface area contributed by atoms with Gasteiger partial charge in [0.15, 0.2) is 0 Å². The van der Waals surface area contributed by atoms with Gasteiger partial charge in [0.2, 0.25) is 0 Å². The minimum atomic E-state index is -0.313. The first-order valence-corrected chi connectivity index (χ1v) is 5.14. The fraction of sp³-hybridized carbons (Fsp3) is 0.600. The fourth-order valence-electron chi connectivity index (χ4n) is 1.58. The van der Waals surface area contributed by atoms with Gasteiger partial charge in [0.1, 0.15) is 5.82 Å². The van der Waals surface area contributed by atoms with Gasteiger partial charge in [-0.25, -0.2) is 4.79 Å². The van der Waals surface area contributed by atoms with E-state index in [-0.39, 0.29) is 17.1 Å². The van der Waals surface area contributed by atoms with E-state index in [1.807, 2.05) is 13.8 Å². The first-order valence-electron chi connectivity index (χ1n) is 5.14. The van der Waals surface area contributed by atoms with Crippen molar-refractivity contribution in [1.29, 1.82) is 0 Å². The number of aromatic nitrogens is 2. The van der Waals surface area contributed by atoms with Crippen LogP contribution in [0.3, 0.4) is 0 Å². The van der Waals surface area contributed by atoms with Crippen LogP contribution in [0, 0.1) is 6.92 Å². The van der Waals surface area contributed by atoms with Crippen LogP contribution in [0.1, 0.15) is 25.8 Å². The highest BCUT2D eigenvalue weighted by atomic mass is 16.2. The molecule has 0 saturated carbocycles. The lowest BCUT2D eigenvalue weighted by molar-refractivity contribution is 0.559. The average Bonchev–Trinajstić information content (AvgIpc) is 2.22. The van der Waals surface area contributed by atoms with Crippen molar-refractivity contribution in [2.75, 3.05) is 5.73 Å². The lowest BCUT2D eigenvalue weighted by Gasteiger charge is -2.12. The van der Waals surface area contributed by atoms with Crippen LogP contribution in [0.4, 0.5) is 5.82 Å². The highest BCUT2D eigenvalue weighted by molar-refractivity contribution is 5.37. The second-order valence-corrected chi connectivity index (χ2v) is 3.49. The van der Waals surface area contributed by atoms with Gasteiger partial charge >= 0.3 is 5.69 Å². The molecule has 0 fully saturated rings. The zero-order valence-electron chi connectivity index (χ0n) is 9.41. The van der Waals surface area contributed by atoms with Gasteiger partial charge in [0.25, 0.3) is 5.56 Å². The summed E-state index contributed by atoms with van der Waals surface area (Å²) in [6, 6.07) is 0. The van der Waals surface area contributed by atoms with Crippen molar-refractivity contribution < 1.29 is 0 Å². The van der Waals surface area contributed by atoms with Gasteiger partial charge in [-0.3, -0.25) is 13.9 Å². The molecule has 0 aliphatic rings. The topological polar surface area (TPSA) is 70.0 Å². The maximum absolute atomic E-state index is 11.8. The maximum atomic E-state index is 11.8. The molecule has 5 nitrogen and oxygen atoms in total. The molecule has 0 radical (unpaired) electrons. The third-order valence-electron chi connectivity index (χ3n) is 2.47. The number of hydrogen-bond donors (Lipinski definition) is 1. The Labute approximate surface area is 88.1 Å². The molecular formula is C10H17N3O2. The van der Waals surface area contributed by atoms with Gasteiger partial charge in [-0.1, -0.05) is 6.92 Å². The standard InChI is InChI=1S/C10H17N3O2/c1-4-6-13-9(14)7(3)8(11)12(5-2)10(13)15/h4-6,11H2,1-3H3. The predicted molar refractivity (Wildman–Crippen MR) is 60.1 cm³/mol. The van der Waals surface area contributed by atoms with E-state index in [4.69, 9.17) is 5.73 Å². The number of nitrogens with zero attached hydrogens (tertiary/aromatic N) is 2. The van der Waals surface area contributed by atoms with E-state index >= 15 is 0 Å². The molecule has 0 bridgehead atoms. The Morgan fingerprint density at radius 3 is 2.27 bits per heavy atom. The van der Waals surface area contributed by atoms with Crippen LogP contribution in [0.25, 0.3) is 0 Å². The van der Waals surface area contributed by atoms with Crippen molar-refractivity contribution in [3.63, 3.8) is 0 Å². The van der Waals surface area contributed by atoms with Crippen molar-refractivity contribution in [2.45, 2.75) is 40.3 Å². The molecule has 0 aliphatic heterocycles. The predicted octanol–water partition coefficient (Wildman–Crippen LogP) is 0.331. The third kappa shape index (κ3) is 1.82. The lowest BCUT2D eigenvalue weighted by Crippen LogP contribution is -2.42. The molecule has 0 aromatic carbocycles. The van der Waals surface area contributed by atoms with Crippen molar-refractivity contribution in [3.05, 3.63) is 26.4 Å². The average molecular weight is 211 g/mol. The summed E-state index contributed by atoms with van der Waals surface area (Å²) in [7, 11) is 0. The number of anilines is 1. The van der Waals surface area contributed by atoms with Crippen molar-refractivity contribution >= 4 is 5.82 Å². The molecule has 0 aliphatic carbocycles. The molecule has 2 N–H and O–H groups in total. The minimum absolute atomic E-state index is 0.274. The Bertz CT molecular complexity index is 471. The first kappa shape index (κ1) is 11.6. The SMILES string of the molecule is CCCn1c(=O)c(C)c(N)n(CC)c1=O. The Morgan fingerprint density at radius 1 is 1.20 bits per heavy atom. The minimum Gasteiger partial charge on any atom is -0.385 e. The van der Waals surface area contributed by atoms with E-state index in [1.165, 1.54) is 9.13 Å². The summed E-state index contributed by atoms with van der Waals surface area (Å²) in [5.41, 5.74) is 5.57. The van der Waals surface area contributed by atoms with Gasteiger partial charge in [0, 0.05) is 13.1 Å². The van der Waals surface area contributed by atoms with Gasteiger partial charge in [-0.05, 0) is 20.3 Å². The van der Waals surface area contributed by atoms with Crippen LogP contribution >= 0.6 is 0 Å². The molecular weight excluding hydrogens is 194 g/mol. The number of nitrogen functional groups attached to an aromatic ring is 1. The van der Waals surface area contributed by atoms with Crippen LogP contribution in [0.15, 0.2) is 9.59 Å². The zero-order chi connectivity index (χ0) is 11.6. The summed E-state index contributed by atoms with van der Waals surface area (Å²) in [4.78, 5) is 23.6. The van der Waals surface area contributed by atoms with E-state index in [0.717, 1.165) is 6.42 Å². The fourth-order valence-corrected chi connectivity index (χ4v) is 1.58. The first-order chi connectivity index (χ1) is 7.04. The summed E-state index contributed by atoms with van der Waals surface area (Å²) < 4.78 is 2.67. The summed E-state index contributed by atoms with van der Waals surface area (Å²) in [6.45, 7) is 6.33. The van der Waals surface area contributed by atoms with Gasteiger partial charge < -0.3 is 5.73 Å². The molecule has 0 amide bonds. The quantitative estimate of drug-likeness (QED) is 0.783. The second-order valence-electron chi connectivity index (χ2n) is 3.49. The number of rotatable bonds is 3. The molecule has 1 heterocycles. The summed E-state index contributed by atoms with van der Waals surface area (Å²) in [5.74, 6) is 0.278. The van der Waals surface area contributed by atoms with Gasteiger partial charge in [-0.2, -0.15) is 0 Å². The highest BCUT2D eigenvalue weighted by Crippen LogP contribution is 2.01. The molecule has 0 spiro atoms. The molecule has 1 aromatic heterocycles. The van der Waals surface area contributed by atoms with Crippen molar-refractivity contribution in [3.8, 4) is 0 Å². The number of nitrogens with two attached hydrogens (primary N) is 1. The molecule has 1 rings (SSSR count). The van der Waals surface area contributed by atoms with Gasteiger partial charge in [0.05, 0.1) is 5.56 Å². The monoisotopic (exact) mass is 211 g/mol. The molecule has 1 aromatic rings. The lowest BCUT2D eigenvalue weighted by atomic mass is 10.3. The number of hydrogen-bond acceptors (Lipinski definition) is 3. The highest BCUT2D eigenvalue weighted by Gasteiger charge is 2.11. The van der Waals surface area contributed by atoms with E-state index in [9.17, 15) is 9.59 Å². The van der Waals surface area contributed by atoms with E-state index in [2.05, 4.69) is 0 Å². The van der Waals surface area contributed by atoms with Crippen LogP contribution in [-0.2, 0) is 13.1 Å². The van der Waals surface area contributed by atoms with E-state index in [1.54, 1.807) is 6.92 Å². The second kappa shape index (κ2) is 4.33. The zero-order valence-corrected chi connectivity index (χ0v) is 9.41. The largest absolute Gasteiger partial charge is 0.385 e. The van der Waals surface area contributed by atoms with Crippen LogP contribution in [0.5, 0.6) is 0 Å². The molecule has 5 heteroatoms. The Morgan fingerprint density at radius 2 is 1.80 bits per heavy atom. The summed E-state index contributed by atoms with van der Waals surface area (Å²) >= 11 is 0. The van der Waals surface area contributed by atoms with Crippen LogP contribution in [-0.4, -0.2) is 9.13 Å². The third-order valence-corrected chi connectivity index (χ3v) is 2.47. The van der Waals surface area contributed by atoms with Crippen molar-refractivity contribution in [2.24, 2.45) is 0 Å². The van der Waals surface area contributed by atoms with E-state index in [0.29, 0.717) is 18.7 Å². The summed E-state index contributed by atoms with van der Waals surface area (Å²) in [6.07, 6.45) is 0.752. The van der Waals surface area contributed by atoms with Crippen LogP contribution < -0.4 is 17.0 Å². The van der Waals surface area contributed by atoms with E-state index < -0.39 is 0 Å². The molecule has 0 saturated heterocycles. The molecule has 15 heavy (non-hydrogen) atoms. The van der Waals surface area contributed by atoms with Crippen molar-refractivity contribution in [1.82, 2.24) is 9.13 Å². The smallest absolute Gasteiger partial charge is 0.332 e. The van der Waals surface area contributed by atoms with Crippen LogP contribution in [0.2, 0.25) is 0 Å². The summed E-state index contributed by atoms with van der Waals surface area (Å²) in [5, 5.41) is 0. The molecule has 84 valence electrons. The Kier molecular flexibility index (Phi) is 3.34. The molecule has 0 unspecified atom stereocenters. The van der Waals surface area contributed by atoms with Gasteiger partial charge in [-0.15, -0.1) is 0 Å².